The van der Waals surface area contributed by atoms with Gasteiger partial charge in [0.15, 0.2) is 0 Å². The summed E-state index contributed by atoms with van der Waals surface area (Å²) in [4.78, 5) is 23.0. The van der Waals surface area contributed by atoms with Crippen molar-refractivity contribution in [2.75, 3.05) is 39.6 Å². The van der Waals surface area contributed by atoms with E-state index in [0.29, 0.717) is 13.0 Å². The van der Waals surface area contributed by atoms with Gasteiger partial charge in [-0.15, -0.1) is 0 Å². The minimum absolute atomic E-state index is 0.0412. The van der Waals surface area contributed by atoms with Crippen molar-refractivity contribution >= 4 is 21.9 Å². The second kappa shape index (κ2) is 8.83. The van der Waals surface area contributed by atoms with Gasteiger partial charge in [-0.25, -0.2) is 13.1 Å². The first-order chi connectivity index (χ1) is 8.78. The van der Waals surface area contributed by atoms with Gasteiger partial charge in [0.2, 0.25) is 15.9 Å². The summed E-state index contributed by atoms with van der Waals surface area (Å²) in [6.45, 7) is -0.00161. The van der Waals surface area contributed by atoms with Gasteiger partial charge in [0.05, 0.1) is 18.7 Å². The average molecular weight is 296 g/mol. The SMILES string of the molecule is COCCCS(=O)(=O)NCC(=O)N(C)CCC(=O)O. The number of rotatable bonds is 10. The first kappa shape index (κ1) is 17.8. The van der Waals surface area contributed by atoms with E-state index in [4.69, 9.17) is 9.84 Å². The third kappa shape index (κ3) is 9.40. The first-order valence-electron chi connectivity index (χ1n) is 5.70. The molecule has 0 aliphatic carbocycles. The van der Waals surface area contributed by atoms with Crippen LogP contribution in [-0.4, -0.2) is 69.9 Å². The molecule has 0 bridgehead atoms. The molecular weight excluding hydrogens is 276 g/mol. The minimum Gasteiger partial charge on any atom is -0.481 e. The molecule has 0 atom stereocenters. The molecule has 19 heavy (non-hydrogen) atoms. The summed E-state index contributed by atoms with van der Waals surface area (Å²) in [5.41, 5.74) is 0. The second-order valence-corrected chi connectivity index (χ2v) is 5.87. The summed E-state index contributed by atoms with van der Waals surface area (Å²) in [7, 11) is -0.613. The monoisotopic (exact) mass is 296 g/mol. The maximum absolute atomic E-state index is 11.5. The molecule has 0 heterocycles. The zero-order chi connectivity index (χ0) is 14.9. The summed E-state index contributed by atoms with van der Waals surface area (Å²) in [6.07, 6.45) is 0.164. The summed E-state index contributed by atoms with van der Waals surface area (Å²) in [5, 5.41) is 8.46. The number of hydrogen-bond donors (Lipinski definition) is 2. The molecule has 0 fully saturated rings. The van der Waals surface area contributed by atoms with E-state index in [2.05, 4.69) is 4.72 Å². The van der Waals surface area contributed by atoms with Crippen LogP contribution in [0.2, 0.25) is 0 Å². The van der Waals surface area contributed by atoms with Crippen LogP contribution in [0.15, 0.2) is 0 Å². The van der Waals surface area contributed by atoms with Gasteiger partial charge in [0, 0.05) is 27.3 Å². The number of aliphatic carboxylic acids is 1. The van der Waals surface area contributed by atoms with Crippen molar-refractivity contribution in [3.8, 4) is 0 Å². The molecule has 0 aromatic carbocycles. The van der Waals surface area contributed by atoms with Gasteiger partial charge in [-0.2, -0.15) is 0 Å². The Balaban J connectivity index is 4.03. The third-order valence-electron chi connectivity index (χ3n) is 2.29. The number of ether oxygens (including phenoxy) is 1. The molecule has 9 heteroatoms. The highest BCUT2D eigenvalue weighted by Crippen LogP contribution is 1.92. The molecule has 8 nitrogen and oxygen atoms in total. The molecule has 0 rings (SSSR count). The highest BCUT2D eigenvalue weighted by molar-refractivity contribution is 7.89. The van der Waals surface area contributed by atoms with Crippen LogP contribution >= 0.6 is 0 Å². The maximum Gasteiger partial charge on any atom is 0.305 e. The van der Waals surface area contributed by atoms with Crippen molar-refractivity contribution in [3.63, 3.8) is 0 Å². The number of nitrogens with zero attached hydrogens (tertiary/aromatic N) is 1. The molecule has 0 spiro atoms. The Kier molecular flexibility index (Phi) is 8.28. The fourth-order valence-electron chi connectivity index (χ4n) is 1.16. The molecule has 1 amide bonds. The number of carbonyl (C=O) groups is 2. The molecule has 0 saturated heterocycles. The molecular formula is C10H20N2O6S. The van der Waals surface area contributed by atoms with Gasteiger partial charge >= 0.3 is 5.97 Å². The summed E-state index contributed by atoms with van der Waals surface area (Å²) in [6, 6.07) is 0. The minimum atomic E-state index is -3.51. The van der Waals surface area contributed by atoms with Crippen LogP contribution in [0.25, 0.3) is 0 Å². The van der Waals surface area contributed by atoms with Crippen LogP contribution < -0.4 is 4.72 Å². The van der Waals surface area contributed by atoms with E-state index in [1.807, 2.05) is 0 Å². The Morgan fingerprint density at radius 3 is 2.53 bits per heavy atom. The molecule has 112 valence electrons. The number of carbonyl (C=O) groups excluding carboxylic acids is 1. The number of hydrogen-bond acceptors (Lipinski definition) is 5. The van der Waals surface area contributed by atoms with Crippen molar-refractivity contribution in [3.05, 3.63) is 0 Å². The van der Waals surface area contributed by atoms with E-state index >= 15 is 0 Å². The Labute approximate surface area is 112 Å². The lowest BCUT2D eigenvalue weighted by atomic mass is 10.4. The Bertz CT molecular complexity index is 395. The van der Waals surface area contributed by atoms with Gasteiger partial charge < -0.3 is 14.7 Å². The van der Waals surface area contributed by atoms with Gasteiger partial charge in [0.25, 0.3) is 0 Å². The van der Waals surface area contributed by atoms with Gasteiger partial charge in [-0.3, -0.25) is 9.59 Å². The highest BCUT2D eigenvalue weighted by Gasteiger charge is 2.15. The van der Waals surface area contributed by atoms with Gasteiger partial charge in [-0.1, -0.05) is 0 Å². The van der Waals surface area contributed by atoms with Gasteiger partial charge in [-0.05, 0) is 6.42 Å². The van der Waals surface area contributed by atoms with Crippen molar-refractivity contribution < 1.29 is 27.9 Å². The standard InChI is InChI=1S/C10H20N2O6S/c1-12(5-4-10(14)15)9(13)8-11-19(16,17)7-3-6-18-2/h11H,3-8H2,1-2H3,(H,14,15). The van der Waals surface area contributed by atoms with Crippen molar-refractivity contribution in [1.29, 1.82) is 0 Å². The van der Waals surface area contributed by atoms with Crippen LogP contribution in [0, 0.1) is 0 Å². The van der Waals surface area contributed by atoms with Crippen LogP contribution in [0.4, 0.5) is 0 Å². The van der Waals surface area contributed by atoms with E-state index in [9.17, 15) is 18.0 Å². The average Bonchev–Trinajstić information content (AvgIpc) is 2.33. The molecule has 0 aliphatic rings. The van der Waals surface area contributed by atoms with Crippen molar-refractivity contribution in [2.45, 2.75) is 12.8 Å². The number of likely N-dealkylation sites (N-methyl/N-ethyl adjacent to an activating group) is 1. The van der Waals surface area contributed by atoms with E-state index in [1.165, 1.54) is 19.1 Å². The number of nitrogens with one attached hydrogen (secondary N) is 1. The molecule has 0 aliphatic heterocycles. The molecule has 0 aromatic rings. The normalized spacial score (nSPS) is 11.3. The number of amides is 1. The van der Waals surface area contributed by atoms with E-state index < -0.39 is 21.9 Å². The lowest BCUT2D eigenvalue weighted by molar-refractivity contribution is -0.138. The predicted molar refractivity (Wildman–Crippen MR) is 68.2 cm³/mol. The Morgan fingerprint density at radius 2 is 2.00 bits per heavy atom. The molecule has 0 radical (unpaired) electrons. The van der Waals surface area contributed by atoms with E-state index in [-0.39, 0.29) is 25.3 Å². The van der Waals surface area contributed by atoms with E-state index in [1.54, 1.807) is 0 Å². The third-order valence-corrected chi connectivity index (χ3v) is 3.70. The van der Waals surface area contributed by atoms with Crippen LogP contribution in [0.1, 0.15) is 12.8 Å². The topological polar surface area (TPSA) is 113 Å². The predicted octanol–water partition coefficient (Wildman–Crippen LogP) is -1.12. The zero-order valence-electron chi connectivity index (χ0n) is 11.1. The smallest absolute Gasteiger partial charge is 0.305 e. The maximum atomic E-state index is 11.5. The largest absolute Gasteiger partial charge is 0.481 e. The lowest BCUT2D eigenvalue weighted by Gasteiger charge is -2.16. The summed E-state index contributed by atoms with van der Waals surface area (Å²) in [5.74, 6) is -1.61. The molecule has 0 aromatic heterocycles. The lowest BCUT2D eigenvalue weighted by Crippen LogP contribution is -2.39. The number of carboxylic acid groups (broad SMARTS) is 1. The molecule has 2 N–H and O–H groups in total. The summed E-state index contributed by atoms with van der Waals surface area (Å²) < 4.78 is 29.8. The Hall–Kier alpha value is -1.19. The number of sulfonamides is 1. The fraction of sp³-hybridized carbons (Fsp3) is 0.800. The van der Waals surface area contributed by atoms with Crippen LogP contribution in [0.3, 0.4) is 0 Å². The first-order valence-corrected chi connectivity index (χ1v) is 7.35. The Morgan fingerprint density at radius 1 is 1.37 bits per heavy atom. The molecule has 0 saturated carbocycles. The number of methoxy groups -OCH3 is 1. The quantitative estimate of drug-likeness (QED) is 0.493. The van der Waals surface area contributed by atoms with Gasteiger partial charge in [0.1, 0.15) is 0 Å². The van der Waals surface area contributed by atoms with Crippen LogP contribution in [-0.2, 0) is 24.3 Å². The fourth-order valence-corrected chi connectivity index (χ4v) is 2.15. The zero-order valence-corrected chi connectivity index (χ0v) is 11.9. The van der Waals surface area contributed by atoms with E-state index in [0.717, 1.165) is 0 Å². The number of carboxylic acids is 1. The van der Waals surface area contributed by atoms with Crippen molar-refractivity contribution in [2.24, 2.45) is 0 Å². The second-order valence-electron chi connectivity index (χ2n) is 3.95. The van der Waals surface area contributed by atoms with Crippen LogP contribution in [0.5, 0.6) is 0 Å². The van der Waals surface area contributed by atoms with Crippen molar-refractivity contribution in [1.82, 2.24) is 9.62 Å². The molecule has 0 unspecified atom stereocenters. The highest BCUT2D eigenvalue weighted by atomic mass is 32.2. The summed E-state index contributed by atoms with van der Waals surface area (Å²) >= 11 is 0.